The molecule has 0 bridgehead atoms. The molecular weight excluding hydrogens is 268 g/mol. The van der Waals surface area contributed by atoms with Gasteiger partial charge in [-0.1, -0.05) is 30.3 Å². The summed E-state index contributed by atoms with van der Waals surface area (Å²) in [5.74, 6) is -0.0814. The van der Waals surface area contributed by atoms with E-state index in [0.29, 0.717) is 11.3 Å². The SMILES string of the molecule is CC(C)(C)OC(=O)COc1ccc2ccccc2c1C=O. The molecule has 21 heavy (non-hydrogen) atoms. The lowest BCUT2D eigenvalue weighted by molar-refractivity contribution is -0.157. The Morgan fingerprint density at radius 2 is 1.86 bits per heavy atom. The number of carbonyl (C=O) groups is 2. The Bertz CT molecular complexity index is 668. The van der Waals surface area contributed by atoms with Crippen LogP contribution in [-0.2, 0) is 9.53 Å². The molecule has 0 heterocycles. The molecule has 0 amide bonds. The van der Waals surface area contributed by atoms with Gasteiger partial charge >= 0.3 is 5.97 Å². The van der Waals surface area contributed by atoms with Crippen LogP contribution in [0.25, 0.3) is 10.8 Å². The number of esters is 1. The Labute approximate surface area is 123 Å². The van der Waals surface area contributed by atoms with Crippen molar-refractivity contribution in [2.75, 3.05) is 6.61 Å². The lowest BCUT2D eigenvalue weighted by atomic mass is 10.0. The van der Waals surface area contributed by atoms with Crippen molar-refractivity contribution in [3.8, 4) is 5.75 Å². The molecule has 110 valence electrons. The van der Waals surface area contributed by atoms with E-state index in [1.807, 2.05) is 30.3 Å². The molecule has 0 saturated carbocycles. The molecule has 4 heteroatoms. The van der Waals surface area contributed by atoms with E-state index in [-0.39, 0.29) is 6.61 Å². The Hall–Kier alpha value is -2.36. The first-order valence-corrected chi connectivity index (χ1v) is 6.72. The van der Waals surface area contributed by atoms with Crippen LogP contribution in [0.5, 0.6) is 5.75 Å². The highest BCUT2D eigenvalue weighted by Gasteiger charge is 2.17. The zero-order chi connectivity index (χ0) is 15.5. The topological polar surface area (TPSA) is 52.6 Å². The molecule has 2 rings (SSSR count). The summed E-state index contributed by atoms with van der Waals surface area (Å²) >= 11 is 0. The van der Waals surface area contributed by atoms with Gasteiger partial charge in [0.1, 0.15) is 11.4 Å². The van der Waals surface area contributed by atoms with Gasteiger partial charge in [0.15, 0.2) is 12.9 Å². The minimum atomic E-state index is -0.558. The summed E-state index contributed by atoms with van der Waals surface area (Å²) in [6, 6.07) is 11.1. The molecule has 2 aromatic rings. The van der Waals surface area contributed by atoms with Crippen molar-refractivity contribution in [2.45, 2.75) is 26.4 Å². The highest BCUT2D eigenvalue weighted by molar-refractivity contribution is 6.00. The Morgan fingerprint density at radius 1 is 1.14 bits per heavy atom. The second kappa shape index (κ2) is 5.95. The maximum absolute atomic E-state index is 11.7. The lowest BCUT2D eigenvalue weighted by Gasteiger charge is -2.19. The number of carbonyl (C=O) groups excluding carboxylic acids is 2. The van der Waals surface area contributed by atoms with Gasteiger partial charge in [-0.05, 0) is 37.6 Å². The zero-order valence-electron chi connectivity index (χ0n) is 12.4. The lowest BCUT2D eigenvalue weighted by Crippen LogP contribution is -2.27. The van der Waals surface area contributed by atoms with Crippen molar-refractivity contribution < 1.29 is 19.1 Å². The van der Waals surface area contributed by atoms with E-state index in [2.05, 4.69) is 0 Å². The second-order valence-electron chi connectivity index (χ2n) is 5.69. The van der Waals surface area contributed by atoms with E-state index >= 15 is 0 Å². The standard InChI is InChI=1S/C17H18O4/c1-17(2,3)21-16(19)11-20-15-9-8-12-6-4-5-7-13(12)14(15)10-18/h4-10H,11H2,1-3H3. The van der Waals surface area contributed by atoms with Gasteiger partial charge in [0, 0.05) is 0 Å². The monoisotopic (exact) mass is 286 g/mol. The quantitative estimate of drug-likeness (QED) is 0.638. The molecule has 0 aliphatic heterocycles. The predicted molar refractivity (Wildman–Crippen MR) is 80.7 cm³/mol. The van der Waals surface area contributed by atoms with E-state index in [9.17, 15) is 9.59 Å². The molecule has 2 aromatic carbocycles. The highest BCUT2D eigenvalue weighted by atomic mass is 16.6. The normalized spacial score (nSPS) is 11.2. The number of aldehydes is 1. The van der Waals surface area contributed by atoms with Crippen molar-refractivity contribution in [2.24, 2.45) is 0 Å². The first-order valence-electron chi connectivity index (χ1n) is 6.72. The average molecular weight is 286 g/mol. The average Bonchev–Trinajstić information content (AvgIpc) is 2.42. The summed E-state index contributed by atoms with van der Waals surface area (Å²) in [7, 11) is 0. The van der Waals surface area contributed by atoms with E-state index < -0.39 is 11.6 Å². The molecule has 0 spiro atoms. The number of rotatable bonds is 4. The van der Waals surface area contributed by atoms with Crippen molar-refractivity contribution in [1.29, 1.82) is 0 Å². The molecular formula is C17H18O4. The fourth-order valence-electron chi connectivity index (χ4n) is 2.03. The van der Waals surface area contributed by atoms with Crippen LogP contribution < -0.4 is 4.74 Å². The van der Waals surface area contributed by atoms with Gasteiger partial charge in [0.05, 0.1) is 5.56 Å². The third-order valence-corrected chi connectivity index (χ3v) is 2.81. The minimum absolute atomic E-state index is 0.226. The van der Waals surface area contributed by atoms with Crippen LogP contribution in [0.2, 0.25) is 0 Å². The van der Waals surface area contributed by atoms with E-state index in [0.717, 1.165) is 17.1 Å². The van der Waals surface area contributed by atoms with Crippen LogP contribution in [0.3, 0.4) is 0 Å². The smallest absolute Gasteiger partial charge is 0.344 e. The highest BCUT2D eigenvalue weighted by Crippen LogP contribution is 2.26. The third kappa shape index (κ3) is 3.81. The maximum atomic E-state index is 11.7. The predicted octanol–water partition coefficient (Wildman–Crippen LogP) is 3.37. The number of benzene rings is 2. The second-order valence-corrected chi connectivity index (χ2v) is 5.69. The van der Waals surface area contributed by atoms with Crippen LogP contribution in [0.15, 0.2) is 36.4 Å². The number of ether oxygens (including phenoxy) is 2. The zero-order valence-corrected chi connectivity index (χ0v) is 12.4. The van der Waals surface area contributed by atoms with Gasteiger partial charge in [-0.15, -0.1) is 0 Å². The molecule has 0 unspecified atom stereocenters. The summed E-state index contributed by atoms with van der Waals surface area (Å²) in [4.78, 5) is 23.0. The molecule has 0 aromatic heterocycles. The van der Waals surface area contributed by atoms with E-state index in [1.54, 1.807) is 26.8 Å². The molecule has 0 atom stereocenters. The van der Waals surface area contributed by atoms with Crippen LogP contribution in [-0.4, -0.2) is 24.5 Å². The molecule has 0 N–H and O–H groups in total. The fraction of sp³-hybridized carbons (Fsp3) is 0.294. The summed E-state index contributed by atoms with van der Waals surface area (Å²) in [6.45, 7) is 5.14. The van der Waals surface area contributed by atoms with Gasteiger partial charge < -0.3 is 9.47 Å². The molecule has 4 nitrogen and oxygen atoms in total. The molecule has 0 fully saturated rings. The summed E-state index contributed by atoms with van der Waals surface area (Å²) in [5.41, 5.74) is -0.117. The number of hydrogen-bond acceptors (Lipinski definition) is 4. The van der Waals surface area contributed by atoms with Crippen LogP contribution in [0.1, 0.15) is 31.1 Å². The molecule has 0 radical (unpaired) electrons. The van der Waals surface area contributed by atoms with Gasteiger partial charge in [-0.25, -0.2) is 4.79 Å². The van der Waals surface area contributed by atoms with Crippen molar-refractivity contribution in [1.82, 2.24) is 0 Å². The van der Waals surface area contributed by atoms with Gasteiger partial charge in [-0.2, -0.15) is 0 Å². The Morgan fingerprint density at radius 3 is 2.52 bits per heavy atom. The summed E-state index contributed by atoms with van der Waals surface area (Å²) in [6.07, 6.45) is 0.743. The van der Waals surface area contributed by atoms with Crippen molar-refractivity contribution >= 4 is 23.0 Å². The van der Waals surface area contributed by atoms with Crippen molar-refractivity contribution in [3.05, 3.63) is 42.0 Å². The van der Waals surface area contributed by atoms with E-state index in [1.165, 1.54) is 0 Å². The van der Waals surface area contributed by atoms with E-state index in [4.69, 9.17) is 9.47 Å². The number of hydrogen-bond donors (Lipinski definition) is 0. The van der Waals surface area contributed by atoms with Gasteiger partial charge in [-0.3, -0.25) is 4.79 Å². The van der Waals surface area contributed by atoms with Gasteiger partial charge in [0.2, 0.25) is 0 Å². The first kappa shape index (κ1) is 15.0. The summed E-state index contributed by atoms with van der Waals surface area (Å²) < 4.78 is 10.6. The van der Waals surface area contributed by atoms with Crippen LogP contribution in [0, 0.1) is 0 Å². The Kier molecular flexibility index (Phi) is 4.26. The molecule has 0 aliphatic rings. The first-order chi connectivity index (χ1) is 9.90. The Balaban J connectivity index is 2.19. The fourth-order valence-corrected chi connectivity index (χ4v) is 2.03. The molecule has 0 saturated heterocycles. The maximum Gasteiger partial charge on any atom is 0.344 e. The van der Waals surface area contributed by atoms with Crippen LogP contribution in [0.4, 0.5) is 0 Å². The van der Waals surface area contributed by atoms with Gasteiger partial charge in [0.25, 0.3) is 0 Å². The number of fused-ring (bicyclic) bond motifs is 1. The minimum Gasteiger partial charge on any atom is -0.481 e. The van der Waals surface area contributed by atoms with Crippen LogP contribution >= 0.6 is 0 Å². The summed E-state index contributed by atoms with van der Waals surface area (Å²) in [5, 5.41) is 1.75. The van der Waals surface area contributed by atoms with Crippen molar-refractivity contribution in [3.63, 3.8) is 0 Å². The third-order valence-electron chi connectivity index (χ3n) is 2.81. The largest absolute Gasteiger partial charge is 0.481 e. The molecule has 0 aliphatic carbocycles.